The van der Waals surface area contributed by atoms with E-state index in [1.165, 1.54) is 4.90 Å². The molecule has 1 aliphatic rings. The monoisotopic (exact) mass is 283 g/mol. The Morgan fingerprint density at radius 1 is 1.50 bits per heavy atom. The van der Waals surface area contributed by atoms with E-state index in [4.69, 9.17) is 10.00 Å². The summed E-state index contributed by atoms with van der Waals surface area (Å²) in [7, 11) is 0. The Morgan fingerprint density at radius 2 is 2.10 bits per heavy atom. The number of nitrogens with one attached hydrogen (secondary N) is 1. The fourth-order valence-corrected chi connectivity index (χ4v) is 2.12. The number of aliphatic carboxylic acids is 1. The first-order valence-corrected chi connectivity index (χ1v) is 6.73. The highest BCUT2D eigenvalue weighted by atomic mass is 16.5. The molecule has 0 aliphatic carbocycles. The zero-order valence-corrected chi connectivity index (χ0v) is 11.9. The summed E-state index contributed by atoms with van der Waals surface area (Å²) in [5.41, 5.74) is -1.27. The van der Waals surface area contributed by atoms with Gasteiger partial charge in [0, 0.05) is 39.1 Å². The van der Waals surface area contributed by atoms with Crippen LogP contribution in [0.3, 0.4) is 0 Å². The maximum absolute atomic E-state index is 12.2. The number of carboxylic acids is 1. The summed E-state index contributed by atoms with van der Waals surface area (Å²) in [6.07, 6.45) is 0.499. The van der Waals surface area contributed by atoms with Crippen LogP contribution in [0.4, 0.5) is 4.79 Å². The molecule has 1 saturated heterocycles. The Balaban J connectivity index is 2.74. The molecule has 1 unspecified atom stereocenters. The molecule has 2 amide bonds. The molecule has 1 aliphatic heterocycles. The van der Waals surface area contributed by atoms with Crippen LogP contribution in [0.2, 0.25) is 0 Å². The highest BCUT2D eigenvalue weighted by molar-refractivity contribution is 5.86. The Kier molecular flexibility index (Phi) is 5.77. The van der Waals surface area contributed by atoms with Gasteiger partial charge in [-0.1, -0.05) is 0 Å². The lowest BCUT2D eigenvalue weighted by Gasteiger charge is -2.36. The van der Waals surface area contributed by atoms with Crippen molar-refractivity contribution in [3.63, 3.8) is 0 Å². The Bertz CT molecular complexity index is 399. The van der Waals surface area contributed by atoms with Crippen molar-refractivity contribution in [3.8, 4) is 6.07 Å². The van der Waals surface area contributed by atoms with Gasteiger partial charge >= 0.3 is 12.0 Å². The van der Waals surface area contributed by atoms with Gasteiger partial charge in [-0.3, -0.25) is 0 Å². The molecule has 1 atom stereocenters. The summed E-state index contributed by atoms with van der Waals surface area (Å²) in [5, 5.41) is 20.8. The van der Waals surface area contributed by atoms with Crippen LogP contribution in [-0.4, -0.2) is 53.8 Å². The number of amides is 2. The van der Waals surface area contributed by atoms with Gasteiger partial charge in [0.05, 0.1) is 12.0 Å². The predicted molar refractivity (Wildman–Crippen MR) is 71.0 cm³/mol. The molecule has 2 N–H and O–H groups in total. The largest absolute Gasteiger partial charge is 0.480 e. The molecule has 0 bridgehead atoms. The Labute approximate surface area is 118 Å². The molecule has 7 heteroatoms. The van der Waals surface area contributed by atoms with Crippen molar-refractivity contribution in [1.82, 2.24) is 10.2 Å². The van der Waals surface area contributed by atoms with Gasteiger partial charge in [-0.05, 0) is 13.8 Å². The molecule has 0 aromatic heterocycles. The predicted octanol–water partition coefficient (Wildman–Crippen LogP) is 0.811. The normalized spacial score (nSPS) is 18.6. The third kappa shape index (κ3) is 3.84. The van der Waals surface area contributed by atoms with E-state index in [1.54, 1.807) is 13.8 Å². The average Bonchev–Trinajstić information content (AvgIpc) is 2.45. The maximum atomic E-state index is 12.2. The van der Waals surface area contributed by atoms with Crippen molar-refractivity contribution >= 4 is 12.0 Å². The summed E-state index contributed by atoms with van der Waals surface area (Å²) < 4.78 is 5.15. The number of urea groups is 1. The molecule has 0 aromatic rings. The van der Waals surface area contributed by atoms with Gasteiger partial charge in [-0.25, -0.2) is 9.59 Å². The van der Waals surface area contributed by atoms with Crippen molar-refractivity contribution in [1.29, 1.82) is 5.26 Å². The van der Waals surface area contributed by atoms with Crippen LogP contribution in [-0.2, 0) is 9.53 Å². The van der Waals surface area contributed by atoms with Crippen LogP contribution < -0.4 is 5.32 Å². The van der Waals surface area contributed by atoms with E-state index in [9.17, 15) is 14.7 Å². The van der Waals surface area contributed by atoms with Gasteiger partial charge < -0.3 is 20.1 Å². The quantitative estimate of drug-likeness (QED) is 0.777. The number of ether oxygens (including phenoxy) is 1. The number of rotatable bonds is 5. The first-order chi connectivity index (χ1) is 9.45. The lowest BCUT2D eigenvalue weighted by Crippen LogP contribution is -2.60. The maximum Gasteiger partial charge on any atom is 0.329 e. The van der Waals surface area contributed by atoms with E-state index in [1.807, 2.05) is 0 Å². The molecular formula is C13H21N3O4. The first-order valence-electron chi connectivity index (χ1n) is 6.73. The number of hydrogen-bond donors (Lipinski definition) is 2. The second kappa shape index (κ2) is 7.10. The SMILES string of the molecule is CCN(CC(C)C#N)C(=O)NC1(C(=O)O)CCOCC1. The van der Waals surface area contributed by atoms with Crippen molar-refractivity contribution in [2.45, 2.75) is 32.2 Å². The standard InChI is InChI=1S/C13H21N3O4/c1-3-16(9-10(2)8-14)12(19)15-13(11(17)18)4-6-20-7-5-13/h10H,3-7,9H2,1-2H3,(H,15,19)(H,17,18). The van der Waals surface area contributed by atoms with E-state index in [2.05, 4.69) is 11.4 Å². The Morgan fingerprint density at radius 3 is 2.55 bits per heavy atom. The number of nitrogens with zero attached hydrogens (tertiary/aromatic N) is 2. The molecule has 112 valence electrons. The van der Waals surface area contributed by atoms with Crippen molar-refractivity contribution in [3.05, 3.63) is 0 Å². The zero-order valence-electron chi connectivity index (χ0n) is 11.9. The van der Waals surface area contributed by atoms with Crippen molar-refractivity contribution < 1.29 is 19.4 Å². The molecule has 1 rings (SSSR count). The Hall–Kier alpha value is -1.81. The van der Waals surface area contributed by atoms with Crippen molar-refractivity contribution in [2.75, 3.05) is 26.3 Å². The summed E-state index contributed by atoms with van der Waals surface area (Å²) in [6, 6.07) is 1.62. The lowest BCUT2D eigenvalue weighted by atomic mass is 9.90. The van der Waals surface area contributed by atoms with E-state index in [0.717, 1.165) is 0 Å². The smallest absolute Gasteiger partial charge is 0.329 e. The van der Waals surface area contributed by atoms with E-state index in [0.29, 0.717) is 19.8 Å². The topological polar surface area (TPSA) is 103 Å². The summed E-state index contributed by atoms with van der Waals surface area (Å²) in [4.78, 5) is 25.1. The minimum atomic E-state index is -1.27. The van der Waals surface area contributed by atoms with E-state index >= 15 is 0 Å². The molecule has 0 spiro atoms. The second-order valence-corrected chi connectivity index (χ2v) is 5.00. The van der Waals surface area contributed by atoms with Gasteiger partial charge in [0.1, 0.15) is 5.54 Å². The van der Waals surface area contributed by atoms with Crippen LogP contribution in [0.15, 0.2) is 0 Å². The van der Waals surface area contributed by atoms with Crippen LogP contribution in [0.1, 0.15) is 26.7 Å². The minimum Gasteiger partial charge on any atom is -0.480 e. The summed E-state index contributed by atoms with van der Waals surface area (Å²) in [6.45, 7) is 4.84. The van der Waals surface area contributed by atoms with E-state index < -0.39 is 17.5 Å². The van der Waals surface area contributed by atoms with Gasteiger partial charge in [-0.15, -0.1) is 0 Å². The van der Waals surface area contributed by atoms with Crippen molar-refractivity contribution in [2.24, 2.45) is 5.92 Å². The zero-order chi connectivity index (χ0) is 15.2. The van der Waals surface area contributed by atoms with Gasteiger partial charge in [0.25, 0.3) is 0 Å². The van der Waals surface area contributed by atoms with Crippen LogP contribution in [0.25, 0.3) is 0 Å². The fourth-order valence-electron chi connectivity index (χ4n) is 2.12. The van der Waals surface area contributed by atoms with Crippen LogP contribution in [0, 0.1) is 17.2 Å². The third-order valence-corrected chi connectivity index (χ3v) is 3.49. The molecule has 7 nitrogen and oxygen atoms in total. The molecule has 20 heavy (non-hydrogen) atoms. The average molecular weight is 283 g/mol. The van der Waals surface area contributed by atoms with Crippen LogP contribution in [0.5, 0.6) is 0 Å². The fraction of sp³-hybridized carbons (Fsp3) is 0.769. The second-order valence-electron chi connectivity index (χ2n) is 5.00. The number of carbonyl (C=O) groups is 2. The molecule has 0 radical (unpaired) electrons. The molecular weight excluding hydrogens is 262 g/mol. The molecule has 0 aromatic carbocycles. The first kappa shape index (κ1) is 16.2. The summed E-state index contributed by atoms with van der Waals surface area (Å²) >= 11 is 0. The summed E-state index contributed by atoms with van der Waals surface area (Å²) in [5.74, 6) is -1.34. The number of nitriles is 1. The van der Waals surface area contributed by atoms with Gasteiger partial charge in [-0.2, -0.15) is 5.26 Å². The van der Waals surface area contributed by atoms with E-state index in [-0.39, 0.29) is 25.3 Å². The highest BCUT2D eigenvalue weighted by Crippen LogP contribution is 2.21. The lowest BCUT2D eigenvalue weighted by molar-refractivity contribution is -0.148. The third-order valence-electron chi connectivity index (χ3n) is 3.49. The number of carboxylic acid groups (broad SMARTS) is 1. The highest BCUT2D eigenvalue weighted by Gasteiger charge is 2.42. The van der Waals surface area contributed by atoms with Crippen LogP contribution >= 0.6 is 0 Å². The minimum absolute atomic E-state index is 0.249. The molecule has 1 heterocycles. The molecule has 1 fully saturated rings. The number of hydrogen-bond acceptors (Lipinski definition) is 4. The number of carbonyl (C=O) groups excluding carboxylic acids is 1. The van der Waals surface area contributed by atoms with Gasteiger partial charge in [0.2, 0.25) is 0 Å². The van der Waals surface area contributed by atoms with Gasteiger partial charge in [0.15, 0.2) is 0 Å². The molecule has 0 saturated carbocycles.